The third-order valence-electron chi connectivity index (χ3n) is 3.70. The van der Waals surface area contributed by atoms with Crippen molar-refractivity contribution in [1.82, 2.24) is 0 Å². The molecular formula is C16H22O7. The number of hydrogen-bond donors (Lipinski definition) is 4. The first kappa shape index (κ1) is 17.7. The molecule has 128 valence electrons. The first-order chi connectivity index (χ1) is 11.0. The van der Waals surface area contributed by atoms with Gasteiger partial charge in [0.1, 0.15) is 31.0 Å². The van der Waals surface area contributed by atoms with Crippen LogP contribution in [0.2, 0.25) is 0 Å². The normalized spacial score (nSPS) is 30.7. The van der Waals surface area contributed by atoms with E-state index in [9.17, 15) is 20.4 Å². The topological polar surface area (TPSA) is 109 Å². The summed E-state index contributed by atoms with van der Waals surface area (Å²) >= 11 is 0. The van der Waals surface area contributed by atoms with Crippen LogP contribution in [0.25, 0.3) is 0 Å². The molecule has 0 bridgehead atoms. The molecule has 0 saturated carbocycles. The zero-order chi connectivity index (χ0) is 17.0. The van der Waals surface area contributed by atoms with Crippen LogP contribution in [0.1, 0.15) is 5.56 Å². The minimum atomic E-state index is -1.58. The van der Waals surface area contributed by atoms with E-state index < -0.39 is 30.7 Å². The summed E-state index contributed by atoms with van der Waals surface area (Å²) in [5, 5.41) is 38.5. The van der Waals surface area contributed by atoms with E-state index in [1.54, 1.807) is 12.1 Å². The Morgan fingerprint density at radius 1 is 1.13 bits per heavy atom. The molecule has 1 saturated heterocycles. The molecule has 1 aliphatic heterocycles. The molecule has 1 unspecified atom stereocenters. The van der Waals surface area contributed by atoms with E-state index in [1.807, 2.05) is 12.1 Å². The molecule has 0 aromatic heterocycles. The SMILES string of the molecule is C=CCc1ccc(OC[C@H]2OC(O)[C@H](O)[C@@H](O)[C@@H]2O)c(OC)c1. The van der Waals surface area contributed by atoms with Crippen molar-refractivity contribution >= 4 is 0 Å². The zero-order valence-electron chi connectivity index (χ0n) is 12.8. The van der Waals surface area contributed by atoms with Gasteiger partial charge in [-0.2, -0.15) is 0 Å². The Kier molecular flexibility index (Phi) is 5.97. The standard InChI is InChI=1S/C16H22O7/c1-3-4-9-5-6-10(11(7-9)21-2)22-8-12-13(17)14(18)15(19)16(20)23-12/h3,5-7,12-20H,1,4,8H2,2H3/t12-,13-,14+,15-,16?/m1/s1. The molecule has 7 heteroatoms. The summed E-state index contributed by atoms with van der Waals surface area (Å²) in [4.78, 5) is 0. The highest BCUT2D eigenvalue weighted by atomic mass is 16.6. The molecule has 0 aliphatic carbocycles. The fourth-order valence-electron chi connectivity index (χ4n) is 2.37. The van der Waals surface area contributed by atoms with Crippen LogP contribution in [0.15, 0.2) is 30.9 Å². The van der Waals surface area contributed by atoms with Gasteiger partial charge in [0.2, 0.25) is 0 Å². The van der Waals surface area contributed by atoms with Crippen molar-refractivity contribution in [2.75, 3.05) is 13.7 Å². The van der Waals surface area contributed by atoms with Crippen LogP contribution in [0.3, 0.4) is 0 Å². The molecule has 1 aromatic carbocycles. The van der Waals surface area contributed by atoms with Gasteiger partial charge in [0.15, 0.2) is 17.8 Å². The quantitative estimate of drug-likeness (QED) is 0.527. The van der Waals surface area contributed by atoms with Gasteiger partial charge in [0.25, 0.3) is 0 Å². The Morgan fingerprint density at radius 2 is 1.87 bits per heavy atom. The second-order valence-corrected chi connectivity index (χ2v) is 5.33. The number of aliphatic hydroxyl groups excluding tert-OH is 4. The predicted octanol–water partition coefficient (Wildman–Crippen LogP) is -0.398. The number of methoxy groups -OCH3 is 1. The van der Waals surface area contributed by atoms with Gasteiger partial charge >= 0.3 is 0 Å². The summed E-state index contributed by atoms with van der Waals surface area (Å²) in [5.74, 6) is 0.946. The van der Waals surface area contributed by atoms with E-state index in [1.165, 1.54) is 7.11 Å². The molecule has 5 atom stereocenters. The van der Waals surface area contributed by atoms with Gasteiger partial charge in [0, 0.05) is 0 Å². The minimum absolute atomic E-state index is 0.126. The van der Waals surface area contributed by atoms with Gasteiger partial charge in [-0.05, 0) is 24.1 Å². The summed E-state index contributed by atoms with van der Waals surface area (Å²) in [6.07, 6.45) is -4.55. The molecular weight excluding hydrogens is 304 g/mol. The maximum atomic E-state index is 9.88. The monoisotopic (exact) mass is 326 g/mol. The van der Waals surface area contributed by atoms with E-state index >= 15 is 0 Å². The lowest BCUT2D eigenvalue weighted by Gasteiger charge is -2.38. The Labute approximate surface area is 134 Å². The van der Waals surface area contributed by atoms with Crippen molar-refractivity contribution in [2.24, 2.45) is 0 Å². The van der Waals surface area contributed by atoms with Crippen LogP contribution in [-0.4, -0.2) is 64.8 Å². The number of aliphatic hydroxyl groups is 4. The Morgan fingerprint density at radius 3 is 2.52 bits per heavy atom. The van der Waals surface area contributed by atoms with Crippen molar-refractivity contribution < 1.29 is 34.6 Å². The minimum Gasteiger partial charge on any atom is -0.493 e. The summed E-state index contributed by atoms with van der Waals surface area (Å²) in [6.45, 7) is 3.55. The lowest BCUT2D eigenvalue weighted by atomic mass is 9.99. The Hall–Kier alpha value is -1.64. The summed E-state index contributed by atoms with van der Waals surface area (Å²) < 4.78 is 15.9. The molecule has 0 radical (unpaired) electrons. The van der Waals surface area contributed by atoms with E-state index in [4.69, 9.17) is 14.2 Å². The van der Waals surface area contributed by atoms with Gasteiger partial charge in [-0.3, -0.25) is 0 Å². The maximum Gasteiger partial charge on any atom is 0.184 e. The van der Waals surface area contributed by atoms with Crippen molar-refractivity contribution in [2.45, 2.75) is 37.1 Å². The lowest BCUT2D eigenvalue weighted by Crippen LogP contribution is -2.58. The van der Waals surface area contributed by atoms with Crippen LogP contribution >= 0.6 is 0 Å². The molecule has 1 aliphatic rings. The summed E-state index contributed by atoms with van der Waals surface area (Å²) in [5.41, 5.74) is 1.01. The van der Waals surface area contributed by atoms with Crippen molar-refractivity contribution in [3.63, 3.8) is 0 Å². The van der Waals surface area contributed by atoms with E-state index in [2.05, 4.69) is 6.58 Å². The van der Waals surface area contributed by atoms with Crippen molar-refractivity contribution in [3.05, 3.63) is 36.4 Å². The van der Waals surface area contributed by atoms with Crippen LogP contribution in [0.5, 0.6) is 11.5 Å². The van der Waals surface area contributed by atoms with Crippen LogP contribution < -0.4 is 9.47 Å². The predicted molar refractivity (Wildman–Crippen MR) is 81.3 cm³/mol. The number of rotatable bonds is 6. The second kappa shape index (κ2) is 7.76. The Bertz CT molecular complexity index is 533. The van der Waals surface area contributed by atoms with Crippen LogP contribution in [0, 0.1) is 0 Å². The zero-order valence-corrected chi connectivity index (χ0v) is 12.8. The van der Waals surface area contributed by atoms with Gasteiger partial charge in [-0.25, -0.2) is 0 Å². The highest BCUT2D eigenvalue weighted by Crippen LogP contribution is 2.29. The summed E-state index contributed by atoms with van der Waals surface area (Å²) in [6, 6.07) is 5.38. The fraction of sp³-hybridized carbons (Fsp3) is 0.500. The molecule has 7 nitrogen and oxygen atoms in total. The van der Waals surface area contributed by atoms with E-state index in [0.29, 0.717) is 17.9 Å². The van der Waals surface area contributed by atoms with Gasteiger partial charge in [0.05, 0.1) is 7.11 Å². The number of benzene rings is 1. The molecule has 4 N–H and O–H groups in total. The molecule has 1 heterocycles. The van der Waals surface area contributed by atoms with Crippen LogP contribution in [0.4, 0.5) is 0 Å². The average Bonchev–Trinajstić information content (AvgIpc) is 2.56. The third kappa shape index (κ3) is 4.01. The van der Waals surface area contributed by atoms with Crippen molar-refractivity contribution in [3.8, 4) is 11.5 Å². The smallest absolute Gasteiger partial charge is 0.184 e. The second-order valence-electron chi connectivity index (χ2n) is 5.33. The highest BCUT2D eigenvalue weighted by Gasteiger charge is 2.43. The molecule has 0 spiro atoms. The Balaban J connectivity index is 2.04. The largest absolute Gasteiger partial charge is 0.493 e. The number of ether oxygens (including phenoxy) is 3. The number of allylic oxidation sites excluding steroid dienone is 1. The molecule has 0 amide bonds. The van der Waals surface area contributed by atoms with E-state index in [0.717, 1.165) is 5.56 Å². The summed E-state index contributed by atoms with van der Waals surface area (Å²) in [7, 11) is 1.51. The fourth-order valence-corrected chi connectivity index (χ4v) is 2.37. The third-order valence-corrected chi connectivity index (χ3v) is 3.70. The first-order valence-corrected chi connectivity index (χ1v) is 7.26. The van der Waals surface area contributed by atoms with E-state index in [-0.39, 0.29) is 6.61 Å². The molecule has 1 fully saturated rings. The van der Waals surface area contributed by atoms with Gasteiger partial charge in [-0.15, -0.1) is 6.58 Å². The number of hydrogen-bond acceptors (Lipinski definition) is 7. The first-order valence-electron chi connectivity index (χ1n) is 7.26. The molecule has 1 aromatic rings. The van der Waals surface area contributed by atoms with Gasteiger partial charge < -0.3 is 34.6 Å². The van der Waals surface area contributed by atoms with Crippen LogP contribution in [-0.2, 0) is 11.2 Å². The average molecular weight is 326 g/mol. The molecule has 2 rings (SSSR count). The molecule has 23 heavy (non-hydrogen) atoms. The lowest BCUT2D eigenvalue weighted by molar-refractivity contribution is -0.285. The van der Waals surface area contributed by atoms with Gasteiger partial charge in [-0.1, -0.05) is 12.1 Å². The van der Waals surface area contributed by atoms with Crippen molar-refractivity contribution in [1.29, 1.82) is 0 Å². The maximum absolute atomic E-state index is 9.88. The highest BCUT2D eigenvalue weighted by molar-refractivity contribution is 5.43.